The van der Waals surface area contributed by atoms with Gasteiger partial charge < -0.3 is 11.1 Å². The number of aromatic amines is 1. The molecule has 7 heteroatoms. The third-order valence-electron chi connectivity index (χ3n) is 3.15. The second-order valence-corrected chi connectivity index (χ2v) is 5.54. The molecule has 1 amide bonds. The predicted octanol–water partition coefficient (Wildman–Crippen LogP) is 1.96. The Morgan fingerprint density at radius 3 is 3.05 bits per heavy atom. The number of aromatic nitrogens is 3. The number of nitrogens with one attached hydrogen (secondary N) is 2. The number of amides is 1. The highest BCUT2D eigenvalue weighted by Crippen LogP contribution is 2.15. The van der Waals surface area contributed by atoms with Gasteiger partial charge in [-0.25, -0.2) is 4.98 Å². The van der Waals surface area contributed by atoms with E-state index < -0.39 is 0 Å². The Labute approximate surface area is 125 Å². The van der Waals surface area contributed by atoms with Crippen molar-refractivity contribution in [2.24, 2.45) is 0 Å². The molecule has 0 spiro atoms. The molecule has 3 aromatic rings. The van der Waals surface area contributed by atoms with E-state index >= 15 is 0 Å². The van der Waals surface area contributed by atoms with Gasteiger partial charge in [-0.3, -0.25) is 9.89 Å². The van der Waals surface area contributed by atoms with Crippen molar-refractivity contribution in [1.82, 2.24) is 20.5 Å². The van der Waals surface area contributed by atoms with Crippen LogP contribution in [0.25, 0.3) is 10.9 Å². The van der Waals surface area contributed by atoms with E-state index in [2.05, 4.69) is 20.5 Å². The lowest BCUT2D eigenvalue weighted by Gasteiger charge is -2.02. The van der Waals surface area contributed by atoms with E-state index in [-0.39, 0.29) is 5.91 Å². The summed E-state index contributed by atoms with van der Waals surface area (Å²) in [6, 6.07) is 7.57. The average molecular weight is 301 g/mol. The van der Waals surface area contributed by atoms with E-state index in [1.807, 2.05) is 29.6 Å². The normalized spacial score (nSPS) is 10.9. The molecule has 0 radical (unpaired) electrons. The monoisotopic (exact) mass is 301 g/mol. The number of nitrogens with two attached hydrogens (primary N) is 1. The van der Waals surface area contributed by atoms with E-state index in [9.17, 15) is 4.79 Å². The van der Waals surface area contributed by atoms with Crippen LogP contribution in [0.1, 0.15) is 22.6 Å². The number of H-pyrrole nitrogens is 1. The SMILES string of the molecule is Nc1nc(CCCNC(=O)c2n[nH]c3ccccc23)cs1. The highest BCUT2D eigenvalue weighted by atomic mass is 32.1. The number of anilines is 1. The van der Waals surface area contributed by atoms with Crippen LogP contribution >= 0.6 is 11.3 Å². The first kappa shape index (κ1) is 13.6. The zero-order valence-corrected chi connectivity index (χ0v) is 12.1. The fraction of sp³-hybridized carbons (Fsp3) is 0.214. The van der Waals surface area contributed by atoms with Crippen LogP contribution in [0.5, 0.6) is 0 Å². The first-order valence-corrected chi connectivity index (χ1v) is 7.53. The summed E-state index contributed by atoms with van der Waals surface area (Å²) in [5.74, 6) is -0.162. The molecule has 0 unspecified atom stereocenters. The summed E-state index contributed by atoms with van der Waals surface area (Å²) in [6.45, 7) is 0.581. The lowest BCUT2D eigenvalue weighted by Crippen LogP contribution is -2.25. The molecular formula is C14H15N5OS. The van der Waals surface area contributed by atoms with E-state index in [0.29, 0.717) is 17.4 Å². The number of rotatable bonds is 5. The molecule has 2 aromatic heterocycles. The largest absolute Gasteiger partial charge is 0.375 e. The number of thiazole rings is 1. The first-order valence-electron chi connectivity index (χ1n) is 6.65. The highest BCUT2D eigenvalue weighted by molar-refractivity contribution is 7.13. The van der Waals surface area contributed by atoms with Gasteiger partial charge in [0.05, 0.1) is 11.2 Å². The van der Waals surface area contributed by atoms with Crippen LogP contribution in [0.3, 0.4) is 0 Å². The number of carbonyl (C=O) groups excluding carboxylic acids is 1. The molecule has 0 bridgehead atoms. The molecule has 3 rings (SSSR count). The van der Waals surface area contributed by atoms with Crippen LogP contribution in [-0.4, -0.2) is 27.6 Å². The molecule has 108 valence electrons. The first-order chi connectivity index (χ1) is 10.2. The van der Waals surface area contributed by atoms with Gasteiger partial charge in [0.2, 0.25) is 0 Å². The Morgan fingerprint density at radius 1 is 1.38 bits per heavy atom. The van der Waals surface area contributed by atoms with Gasteiger partial charge in [0, 0.05) is 17.3 Å². The van der Waals surface area contributed by atoms with Crippen molar-refractivity contribution in [3.05, 3.63) is 41.0 Å². The van der Waals surface area contributed by atoms with Crippen LogP contribution in [0, 0.1) is 0 Å². The maximum Gasteiger partial charge on any atom is 0.272 e. The van der Waals surface area contributed by atoms with Crippen molar-refractivity contribution >= 4 is 33.3 Å². The third kappa shape index (κ3) is 3.03. The summed E-state index contributed by atoms with van der Waals surface area (Å²) in [7, 11) is 0. The van der Waals surface area contributed by atoms with E-state index in [0.717, 1.165) is 29.4 Å². The molecule has 0 saturated carbocycles. The molecule has 2 heterocycles. The summed E-state index contributed by atoms with van der Waals surface area (Å²) in [4.78, 5) is 16.3. The zero-order valence-electron chi connectivity index (χ0n) is 11.3. The number of hydrogen-bond acceptors (Lipinski definition) is 5. The summed E-state index contributed by atoms with van der Waals surface area (Å²) >= 11 is 1.43. The topological polar surface area (TPSA) is 96.7 Å². The Balaban J connectivity index is 1.54. The minimum Gasteiger partial charge on any atom is -0.375 e. The summed E-state index contributed by atoms with van der Waals surface area (Å²) in [5.41, 5.74) is 7.84. The number of nitrogens with zero attached hydrogens (tertiary/aromatic N) is 2. The Hall–Kier alpha value is -2.41. The second kappa shape index (κ2) is 5.92. The van der Waals surface area contributed by atoms with Crippen LogP contribution in [0.4, 0.5) is 5.13 Å². The van der Waals surface area contributed by atoms with Crippen molar-refractivity contribution in [1.29, 1.82) is 0 Å². The van der Waals surface area contributed by atoms with Crippen LogP contribution < -0.4 is 11.1 Å². The number of nitrogen functional groups attached to an aromatic ring is 1. The average Bonchev–Trinajstić information content (AvgIpc) is 3.09. The molecule has 0 aliphatic carbocycles. The molecule has 1 aromatic carbocycles. The van der Waals surface area contributed by atoms with E-state index in [4.69, 9.17) is 5.73 Å². The number of carbonyl (C=O) groups is 1. The van der Waals surface area contributed by atoms with Gasteiger partial charge in [-0.2, -0.15) is 5.10 Å². The van der Waals surface area contributed by atoms with Crippen molar-refractivity contribution in [3.63, 3.8) is 0 Å². The molecule has 21 heavy (non-hydrogen) atoms. The van der Waals surface area contributed by atoms with Gasteiger partial charge in [0.15, 0.2) is 10.8 Å². The summed E-state index contributed by atoms with van der Waals surface area (Å²) in [5, 5.41) is 13.2. The van der Waals surface area contributed by atoms with Crippen LogP contribution in [0.15, 0.2) is 29.6 Å². The molecule has 0 fully saturated rings. The molecule has 4 N–H and O–H groups in total. The molecule has 0 aliphatic heterocycles. The smallest absolute Gasteiger partial charge is 0.272 e. The van der Waals surface area contributed by atoms with E-state index in [1.54, 1.807) is 0 Å². The van der Waals surface area contributed by atoms with Crippen molar-refractivity contribution in [2.45, 2.75) is 12.8 Å². The summed E-state index contributed by atoms with van der Waals surface area (Å²) in [6.07, 6.45) is 1.62. The van der Waals surface area contributed by atoms with Crippen molar-refractivity contribution < 1.29 is 4.79 Å². The number of hydrogen-bond donors (Lipinski definition) is 3. The van der Waals surface area contributed by atoms with Gasteiger partial charge in [0.1, 0.15) is 0 Å². The fourth-order valence-corrected chi connectivity index (χ4v) is 2.73. The predicted molar refractivity (Wildman–Crippen MR) is 83.3 cm³/mol. The Kier molecular flexibility index (Phi) is 3.83. The van der Waals surface area contributed by atoms with Gasteiger partial charge in [-0.1, -0.05) is 18.2 Å². The minimum absolute atomic E-state index is 0.162. The second-order valence-electron chi connectivity index (χ2n) is 4.65. The highest BCUT2D eigenvalue weighted by Gasteiger charge is 2.12. The lowest BCUT2D eigenvalue weighted by atomic mass is 10.2. The Morgan fingerprint density at radius 2 is 2.24 bits per heavy atom. The standard InChI is InChI=1S/C14H15N5OS/c15-14-17-9(8-21-14)4-3-7-16-13(20)12-10-5-1-2-6-11(10)18-19-12/h1-2,5-6,8H,3-4,7H2,(H2,15,17)(H,16,20)(H,18,19). The number of aryl methyl sites for hydroxylation is 1. The fourth-order valence-electron chi connectivity index (χ4n) is 2.13. The maximum absolute atomic E-state index is 12.1. The molecular weight excluding hydrogens is 286 g/mol. The number of fused-ring (bicyclic) bond motifs is 1. The summed E-state index contributed by atoms with van der Waals surface area (Å²) < 4.78 is 0. The lowest BCUT2D eigenvalue weighted by molar-refractivity contribution is 0.0950. The van der Waals surface area contributed by atoms with Gasteiger partial charge in [0.25, 0.3) is 5.91 Å². The van der Waals surface area contributed by atoms with Crippen molar-refractivity contribution in [3.8, 4) is 0 Å². The quantitative estimate of drug-likeness (QED) is 0.628. The molecule has 6 nitrogen and oxygen atoms in total. The maximum atomic E-state index is 12.1. The molecule has 0 aliphatic rings. The van der Waals surface area contributed by atoms with Crippen LogP contribution in [0.2, 0.25) is 0 Å². The van der Waals surface area contributed by atoms with Gasteiger partial charge in [-0.15, -0.1) is 11.3 Å². The van der Waals surface area contributed by atoms with Gasteiger partial charge >= 0.3 is 0 Å². The van der Waals surface area contributed by atoms with Gasteiger partial charge in [-0.05, 0) is 18.9 Å². The third-order valence-corrected chi connectivity index (χ3v) is 3.87. The van der Waals surface area contributed by atoms with Crippen molar-refractivity contribution in [2.75, 3.05) is 12.3 Å². The minimum atomic E-state index is -0.162. The number of para-hydroxylation sites is 1. The Bertz CT molecular complexity index is 763. The van der Waals surface area contributed by atoms with E-state index in [1.165, 1.54) is 11.3 Å². The zero-order chi connectivity index (χ0) is 14.7. The number of benzene rings is 1. The molecule has 0 atom stereocenters. The van der Waals surface area contributed by atoms with Crippen LogP contribution in [-0.2, 0) is 6.42 Å². The molecule has 0 saturated heterocycles.